The van der Waals surface area contributed by atoms with Gasteiger partial charge in [0.15, 0.2) is 5.65 Å². The van der Waals surface area contributed by atoms with E-state index in [2.05, 4.69) is 41.9 Å². The van der Waals surface area contributed by atoms with Crippen molar-refractivity contribution in [1.82, 2.24) is 14.6 Å². The van der Waals surface area contributed by atoms with Crippen LogP contribution in [0.1, 0.15) is 5.56 Å². The van der Waals surface area contributed by atoms with Gasteiger partial charge in [0.2, 0.25) is 4.73 Å². The van der Waals surface area contributed by atoms with Crippen molar-refractivity contribution in [3.8, 4) is 0 Å². The molecular weight excluding hydrogens is 286 g/mol. The molecule has 0 atom stereocenters. The second-order valence-corrected chi connectivity index (χ2v) is 4.05. The first kappa shape index (κ1) is 8.19. The minimum absolute atomic E-state index is 0.611. The Kier molecular flexibility index (Phi) is 1.92. The maximum atomic E-state index is 4.16. The Labute approximate surface area is 86.1 Å². The minimum Gasteiger partial charge on any atom is -0.219 e. The van der Waals surface area contributed by atoms with E-state index in [9.17, 15) is 0 Å². The average Bonchev–Trinajstić information content (AvgIpc) is 2.30. The van der Waals surface area contributed by atoms with Gasteiger partial charge in [-0.2, -0.15) is 0 Å². The van der Waals surface area contributed by atoms with Gasteiger partial charge in [0.05, 0.1) is 0 Å². The van der Waals surface area contributed by atoms with Gasteiger partial charge >= 0.3 is 0 Å². The smallest absolute Gasteiger partial charge is 0.218 e. The number of pyridine rings is 1. The van der Waals surface area contributed by atoms with Crippen LogP contribution in [0, 0.1) is 6.92 Å². The summed E-state index contributed by atoms with van der Waals surface area (Å²) in [6.07, 6.45) is 1.89. The van der Waals surface area contributed by atoms with E-state index in [-0.39, 0.29) is 0 Å². The third-order valence-electron chi connectivity index (χ3n) is 1.59. The molecule has 0 aromatic carbocycles. The van der Waals surface area contributed by atoms with Gasteiger partial charge in [-0.05, 0) is 50.4 Å². The highest BCUT2D eigenvalue weighted by molar-refractivity contribution is 9.10. The summed E-state index contributed by atoms with van der Waals surface area (Å²) in [6.45, 7) is 2.02. The van der Waals surface area contributed by atoms with Crippen LogP contribution in [0.15, 0.2) is 21.5 Å². The Morgan fingerprint density at radius 2 is 2.17 bits per heavy atom. The lowest BCUT2D eigenvalue weighted by molar-refractivity contribution is 0.938. The average molecular weight is 291 g/mol. The molecule has 0 saturated heterocycles. The van der Waals surface area contributed by atoms with E-state index >= 15 is 0 Å². The van der Waals surface area contributed by atoms with Gasteiger partial charge in [-0.25, -0.2) is 9.50 Å². The standard InChI is InChI=1S/C7H5Br2N3/c1-4-2-6-10-7(9)11-12(6)3-5(4)8/h2-3H,1H3. The number of aromatic nitrogens is 3. The Hall–Kier alpha value is -0.420. The molecule has 0 N–H and O–H groups in total. The summed E-state index contributed by atoms with van der Waals surface area (Å²) in [5.41, 5.74) is 2.00. The molecule has 2 aromatic heterocycles. The van der Waals surface area contributed by atoms with E-state index < -0.39 is 0 Å². The molecule has 0 saturated carbocycles. The van der Waals surface area contributed by atoms with Crippen molar-refractivity contribution in [3.05, 3.63) is 27.0 Å². The SMILES string of the molecule is Cc1cc2nc(Br)nn2cc1Br. The maximum absolute atomic E-state index is 4.16. The lowest BCUT2D eigenvalue weighted by Crippen LogP contribution is -1.88. The van der Waals surface area contributed by atoms with Crippen LogP contribution >= 0.6 is 31.9 Å². The Morgan fingerprint density at radius 3 is 2.92 bits per heavy atom. The molecule has 0 aliphatic carbocycles. The molecule has 0 fully saturated rings. The summed E-state index contributed by atoms with van der Waals surface area (Å²) in [5.74, 6) is 0. The molecule has 0 aliphatic rings. The van der Waals surface area contributed by atoms with Gasteiger partial charge in [0, 0.05) is 10.7 Å². The van der Waals surface area contributed by atoms with Crippen molar-refractivity contribution < 1.29 is 0 Å². The number of hydrogen-bond acceptors (Lipinski definition) is 2. The molecule has 2 aromatic rings. The van der Waals surface area contributed by atoms with Crippen molar-refractivity contribution in [2.45, 2.75) is 6.92 Å². The van der Waals surface area contributed by atoms with E-state index in [0.29, 0.717) is 4.73 Å². The number of hydrogen-bond donors (Lipinski definition) is 0. The topological polar surface area (TPSA) is 30.2 Å². The summed E-state index contributed by atoms with van der Waals surface area (Å²) in [5, 5.41) is 4.11. The number of fused-ring (bicyclic) bond motifs is 1. The molecule has 2 rings (SSSR count). The zero-order valence-corrected chi connectivity index (χ0v) is 9.42. The summed E-state index contributed by atoms with van der Waals surface area (Å²) in [4.78, 5) is 4.16. The predicted molar refractivity (Wildman–Crippen MR) is 53.1 cm³/mol. The lowest BCUT2D eigenvalue weighted by atomic mass is 10.3. The highest BCUT2D eigenvalue weighted by Gasteiger charge is 2.02. The Morgan fingerprint density at radius 1 is 1.42 bits per heavy atom. The van der Waals surface area contributed by atoms with Crippen molar-refractivity contribution in [3.63, 3.8) is 0 Å². The molecule has 0 amide bonds. The van der Waals surface area contributed by atoms with E-state index in [1.165, 1.54) is 0 Å². The van der Waals surface area contributed by atoms with Gasteiger partial charge in [0.1, 0.15) is 0 Å². The molecule has 0 spiro atoms. The van der Waals surface area contributed by atoms with Crippen molar-refractivity contribution >= 4 is 37.5 Å². The van der Waals surface area contributed by atoms with E-state index in [0.717, 1.165) is 15.7 Å². The summed E-state index contributed by atoms with van der Waals surface area (Å²) >= 11 is 6.64. The fourth-order valence-corrected chi connectivity index (χ4v) is 1.63. The van der Waals surface area contributed by atoms with Gasteiger partial charge in [-0.15, -0.1) is 5.10 Å². The first-order valence-electron chi connectivity index (χ1n) is 3.35. The quantitative estimate of drug-likeness (QED) is 0.746. The molecule has 62 valence electrons. The van der Waals surface area contributed by atoms with Crippen molar-refractivity contribution in [2.75, 3.05) is 0 Å². The van der Waals surface area contributed by atoms with Crippen LogP contribution in [0.5, 0.6) is 0 Å². The molecule has 0 aliphatic heterocycles. The van der Waals surface area contributed by atoms with Crippen LogP contribution in [0.25, 0.3) is 5.65 Å². The first-order valence-corrected chi connectivity index (χ1v) is 4.93. The van der Waals surface area contributed by atoms with Crippen LogP contribution in [0.4, 0.5) is 0 Å². The predicted octanol–water partition coefficient (Wildman–Crippen LogP) is 2.56. The van der Waals surface area contributed by atoms with Crippen LogP contribution in [0.3, 0.4) is 0 Å². The molecule has 0 bridgehead atoms. The molecule has 0 unspecified atom stereocenters. The normalized spacial score (nSPS) is 10.9. The molecule has 0 radical (unpaired) electrons. The van der Waals surface area contributed by atoms with Gasteiger partial charge < -0.3 is 0 Å². The summed E-state index contributed by atoms with van der Waals surface area (Å²) in [7, 11) is 0. The lowest BCUT2D eigenvalue weighted by Gasteiger charge is -1.96. The molecular formula is C7H5Br2N3. The number of aryl methyl sites for hydroxylation is 1. The fourth-order valence-electron chi connectivity index (χ4n) is 0.973. The van der Waals surface area contributed by atoms with E-state index in [1.54, 1.807) is 4.52 Å². The van der Waals surface area contributed by atoms with Crippen LogP contribution in [-0.4, -0.2) is 14.6 Å². The number of halogens is 2. The van der Waals surface area contributed by atoms with Crippen LogP contribution in [-0.2, 0) is 0 Å². The molecule has 12 heavy (non-hydrogen) atoms. The van der Waals surface area contributed by atoms with E-state index in [1.807, 2.05) is 19.2 Å². The largest absolute Gasteiger partial charge is 0.219 e. The van der Waals surface area contributed by atoms with E-state index in [4.69, 9.17) is 0 Å². The van der Waals surface area contributed by atoms with Crippen LogP contribution in [0.2, 0.25) is 0 Å². The maximum Gasteiger partial charge on any atom is 0.218 e. The van der Waals surface area contributed by atoms with Crippen molar-refractivity contribution in [2.24, 2.45) is 0 Å². The second kappa shape index (κ2) is 2.81. The zero-order valence-electron chi connectivity index (χ0n) is 6.25. The summed E-state index contributed by atoms with van der Waals surface area (Å²) < 4.78 is 3.37. The van der Waals surface area contributed by atoms with Gasteiger partial charge in [0.25, 0.3) is 0 Å². The molecule has 5 heteroatoms. The molecule has 3 nitrogen and oxygen atoms in total. The zero-order chi connectivity index (χ0) is 8.72. The Bertz CT molecular complexity index is 396. The monoisotopic (exact) mass is 289 g/mol. The Balaban J connectivity index is 2.83. The molecule has 2 heterocycles. The summed E-state index contributed by atoms with van der Waals surface area (Å²) in [6, 6.07) is 1.97. The second-order valence-electron chi connectivity index (χ2n) is 2.49. The fraction of sp³-hybridized carbons (Fsp3) is 0.143. The van der Waals surface area contributed by atoms with Crippen molar-refractivity contribution in [1.29, 1.82) is 0 Å². The van der Waals surface area contributed by atoms with Crippen LogP contribution < -0.4 is 0 Å². The minimum atomic E-state index is 0.611. The van der Waals surface area contributed by atoms with Gasteiger partial charge in [-0.1, -0.05) is 0 Å². The van der Waals surface area contributed by atoms with Gasteiger partial charge in [-0.3, -0.25) is 0 Å². The third kappa shape index (κ3) is 1.27. The first-order chi connectivity index (χ1) is 5.66. The number of rotatable bonds is 0. The highest BCUT2D eigenvalue weighted by Crippen LogP contribution is 2.17. The number of nitrogens with zero attached hydrogens (tertiary/aromatic N) is 3. The highest BCUT2D eigenvalue weighted by atomic mass is 79.9. The third-order valence-corrected chi connectivity index (χ3v) is 2.76.